The van der Waals surface area contributed by atoms with E-state index >= 15 is 0 Å². The number of halogens is 1. The van der Waals surface area contributed by atoms with Crippen molar-refractivity contribution >= 4 is 40.1 Å². The molecule has 0 spiro atoms. The molecule has 3 N–H and O–H groups in total. The number of nitrogens with zero attached hydrogens (tertiary/aromatic N) is 5. The van der Waals surface area contributed by atoms with E-state index < -0.39 is 5.91 Å². The number of nitrogen functional groups attached to an aromatic ring is 1. The van der Waals surface area contributed by atoms with Gasteiger partial charge in [-0.2, -0.15) is 9.78 Å². The van der Waals surface area contributed by atoms with Crippen molar-refractivity contribution in [2.75, 3.05) is 5.73 Å². The summed E-state index contributed by atoms with van der Waals surface area (Å²) in [5, 5.41) is 7.28. The fourth-order valence-electron chi connectivity index (χ4n) is 3.44. The van der Waals surface area contributed by atoms with Crippen LogP contribution < -0.4 is 11.1 Å². The van der Waals surface area contributed by atoms with E-state index in [9.17, 15) is 9.18 Å². The van der Waals surface area contributed by atoms with Gasteiger partial charge in [-0.3, -0.25) is 9.78 Å². The first-order valence-electron chi connectivity index (χ1n) is 10.1. The van der Waals surface area contributed by atoms with Gasteiger partial charge in [0, 0.05) is 18.9 Å². The number of amides is 1. The minimum atomic E-state index is -0.427. The van der Waals surface area contributed by atoms with Crippen molar-refractivity contribution in [2.24, 2.45) is 5.10 Å². The second kappa shape index (κ2) is 8.46. The molecule has 3 heterocycles. The smallest absolute Gasteiger partial charge is 0.257 e. The first kappa shape index (κ1) is 20.3. The molecule has 0 fully saturated rings. The van der Waals surface area contributed by atoms with Crippen molar-refractivity contribution in [1.82, 2.24) is 24.9 Å². The van der Waals surface area contributed by atoms with Gasteiger partial charge in [0.05, 0.1) is 17.2 Å². The van der Waals surface area contributed by atoms with Crippen molar-refractivity contribution in [3.8, 4) is 0 Å². The van der Waals surface area contributed by atoms with E-state index in [1.165, 1.54) is 16.8 Å². The minimum Gasteiger partial charge on any atom is -0.383 e. The molecule has 33 heavy (non-hydrogen) atoms. The fraction of sp³-hybridized carbons (Fsp3) is 0.0417. The molecule has 5 aromatic rings. The van der Waals surface area contributed by atoms with Crippen LogP contribution in [0.3, 0.4) is 0 Å². The Labute approximate surface area is 187 Å². The Hall–Kier alpha value is -4.66. The first-order chi connectivity index (χ1) is 16.1. The maximum atomic E-state index is 13.2. The molecule has 0 saturated carbocycles. The lowest BCUT2D eigenvalue weighted by atomic mass is 10.2. The number of nitrogens with one attached hydrogen (secondary N) is 1. The molecule has 0 atom stereocenters. The number of hydrogen-bond acceptors (Lipinski definition) is 6. The summed E-state index contributed by atoms with van der Waals surface area (Å²) in [5.41, 5.74) is 10.1. The fourth-order valence-corrected chi connectivity index (χ4v) is 3.44. The summed E-state index contributed by atoms with van der Waals surface area (Å²) in [6.07, 6.45) is 4.91. The Bertz CT molecular complexity index is 1490. The molecule has 0 saturated heterocycles. The van der Waals surface area contributed by atoms with Gasteiger partial charge in [-0.15, -0.1) is 0 Å². The summed E-state index contributed by atoms with van der Waals surface area (Å²) < 4.78 is 14.6. The highest BCUT2D eigenvalue weighted by Gasteiger charge is 2.24. The summed E-state index contributed by atoms with van der Waals surface area (Å²) in [6.45, 7) is 0.201. The summed E-state index contributed by atoms with van der Waals surface area (Å²) in [4.78, 5) is 26.4. The number of fused-ring (bicyclic) bond motifs is 2. The van der Waals surface area contributed by atoms with Crippen molar-refractivity contribution in [3.05, 3.63) is 95.6 Å². The van der Waals surface area contributed by atoms with Crippen LogP contribution >= 0.6 is 0 Å². The zero-order chi connectivity index (χ0) is 22.8. The Morgan fingerprint density at radius 3 is 2.45 bits per heavy atom. The third kappa shape index (κ3) is 3.99. The highest BCUT2D eigenvalue weighted by Crippen LogP contribution is 2.28. The average Bonchev–Trinajstić information content (AvgIpc) is 3.11. The lowest BCUT2D eigenvalue weighted by Crippen LogP contribution is -2.23. The number of carbonyl (C=O) groups excluding carboxylic acids is 1. The highest BCUT2D eigenvalue weighted by molar-refractivity contribution is 6.10. The molecule has 0 aliphatic heterocycles. The number of nitrogens with two attached hydrogens (primary N) is 1. The molecule has 0 unspecified atom stereocenters. The summed E-state index contributed by atoms with van der Waals surface area (Å²) >= 11 is 0. The maximum absolute atomic E-state index is 13.2. The quantitative estimate of drug-likeness (QED) is 0.407. The van der Waals surface area contributed by atoms with Gasteiger partial charge in [0.15, 0.2) is 5.65 Å². The molecule has 0 radical (unpaired) electrons. The molecular formula is C24H18FN7O. The molecule has 162 valence electrons. The second-order valence-corrected chi connectivity index (χ2v) is 7.29. The predicted octanol–water partition coefficient (Wildman–Crippen LogP) is 3.51. The molecular weight excluding hydrogens is 421 g/mol. The van der Waals surface area contributed by atoms with E-state index in [0.29, 0.717) is 22.2 Å². The van der Waals surface area contributed by atoms with E-state index in [1.807, 2.05) is 24.3 Å². The summed E-state index contributed by atoms with van der Waals surface area (Å²) in [6, 6.07) is 16.8. The standard InChI is InChI=1S/C24H18FN7O/c25-17-7-5-15(6-8-17)13-28-24(33)20-21-23(31-19-4-2-1-3-18(19)30-21)32(22(20)26)29-14-16-9-11-27-12-10-16/h1-12,14H,13,26H2,(H,28,33). The van der Waals surface area contributed by atoms with Gasteiger partial charge in [0.1, 0.15) is 22.7 Å². The Morgan fingerprint density at radius 2 is 1.73 bits per heavy atom. The topological polar surface area (TPSA) is 111 Å². The number of rotatable bonds is 5. The van der Waals surface area contributed by atoms with Crippen LogP contribution in [0.5, 0.6) is 0 Å². The Kier molecular flexibility index (Phi) is 5.19. The Balaban J connectivity index is 1.58. The lowest BCUT2D eigenvalue weighted by molar-refractivity contribution is 0.0953. The van der Waals surface area contributed by atoms with Gasteiger partial charge >= 0.3 is 0 Å². The molecule has 8 nitrogen and oxygen atoms in total. The number of carbonyl (C=O) groups is 1. The van der Waals surface area contributed by atoms with E-state index in [1.54, 1.807) is 42.9 Å². The molecule has 0 bridgehead atoms. The molecule has 9 heteroatoms. The van der Waals surface area contributed by atoms with E-state index in [-0.39, 0.29) is 23.7 Å². The Morgan fingerprint density at radius 1 is 1.03 bits per heavy atom. The number of pyridine rings is 1. The normalized spacial score (nSPS) is 11.4. The van der Waals surface area contributed by atoms with Crippen molar-refractivity contribution < 1.29 is 9.18 Å². The van der Waals surface area contributed by atoms with Gasteiger partial charge in [-0.1, -0.05) is 24.3 Å². The second-order valence-electron chi connectivity index (χ2n) is 7.29. The van der Waals surface area contributed by atoms with Gasteiger partial charge in [-0.05, 0) is 47.5 Å². The number of para-hydroxylation sites is 2. The van der Waals surface area contributed by atoms with Crippen molar-refractivity contribution in [1.29, 1.82) is 0 Å². The SMILES string of the molecule is Nc1c(C(=O)NCc2ccc(F)cc2)c2nc3ccccc3nc2n1N=Cc1ccncc1. The molecule has 5 rings (SSSR count). The number of benzene rings is 2. The van der Waals surface area contributed by atoms with Crippen LogP contribution in [-0.2, 0) is 6.54 Å². The average molecular weight is 439 g/mol. The largest absolute Gasteiger partial charge is 0.383 e. The molecule has 1 amide bonds. The van der Waals surface area contributed by atoms with Gasteiger partial charge < -0.3 is 11.1 Å². The van der Waals surface area contributed by atoms with Crippen LogP contribution in [0.4, 0.5) is 10.2 Å². The van der Waals surface area contributed by atoms with E-state index in [0.717, 1.165) is 11.1 Å². The monoisotopic (exact) mass is 439 g/mol. The van der Waals surface area contributed by atoms with Gasteiger partial charge in [-0.25, -0.2) is 14.4 Å². The van der Waals surface area contributed by atoms with Crippen LogP contribution in [0.2, 0.25) is 0 Å². The van der Waals surface area contributed by atoms with Gasteiger partial charge in [0.2, 0.25) is 0 Å². The predicted molar refractivity (Wildman–Crippen MR) is 124 cm³/mol. The third-order valence-electron chi connectivity index (χ3n) is 5.10. The number of hydrogen-bond donors (Lipinski definition) is 2. The van der Waals surface area contributed by atoms with E-state index in [2.05, 4.69) is 25.4 Å². The van der Waals surface area contributed by atoms with Crippen molar-refractivity contribution in [2.45, 2.75) is 6.54 Å². The zero-order valence-electron chi connectivity index (χ0n) is 17.3. The first-order valence-corrected chi connectivity index (χ1v) is 10.1. The van der Waals surface area contributed by atoms with Crippen LogP contribution in [-0.4, -0.2) is 31.7 Å². The molecule has 3 aromatic heterocycles. The molecule has 0 aliphatic rings. The number of aromatic nitrogens is 4. The maximum Gasteiger partial charge on any atom is 0.257 e. The lowest BCUT2D eigenvalue weighted by Gasteiger charge is -2.06. The molecule has 2 aromatic carbocycles. The minimum absolute atomic E-state index is 0.113. The highest BCUT2D eigenvalue weighted by atomic mass is 19.1. The summed E-state index contributed by atoms with van der Waals surface area (Å²) in [7, 11) is 0. The third-order valence-corrected chi connectivity index (χ3v) is 5.10. The zero-order valence-corrected chi connectivity index (χ0v) is 17.3. The van der Waals surface area contributed by atoms with Crippen LogP contribution in [0.1, 0.15) is 21.5 Å². The summed E-state index contributed by atoms with van der Waals surface area (Å²) in [5.74, 6) is -0.655. The van der Waals surface area contributed by atoms with Crippen LogP contribution in [0, 0.1) is 5.82 Å². The molecule has 0 aliphatic carbocycles. The number of anilines is 1. The van der Waals surface area contributed by atoms with Crippen LogP contribution in [0.25, 0.3) is 22.2 Å². The van der Waals surface area contributed by atoms with Crippen molar-refractivity contribution in [3.63, 3.8) is 0 Å². The van der Waals surface area contributed by atoms with E-state index in [4.69, 9.17) is 5.73 Å². The van der Waals surface area contributed by atoms with Gasteiger partial charge in [0.25, 0.3) is 5.91 Å². The van der Waals surface area contributed by atoms with Crippen LogP contribution in [0.15, 0.2) is 78.2 Å².